The molecule has 0 saturated carbocycles. The summed E-state index contributed by atoms with van der Waals surface area (Å²) in [6, 6.07) is 40.0. The second-order valence-electron chi connectivity index (χ2n) is 14.0. The summed E-state index contributed by atoms with van der Waals surface area (Å²) in [4.78, 5) is 44.9. The van der Waals surface area contributed by atoms with Gasteiger partial charge in [0.15, 0.2) is 13.2 Å². The van der Waals surface area contributed by atoms with Crippen molar-refractivity contribution in [2.45, 2.75) is 12.1 Å². The zero-order valence-electron chi connectivity index (χ0n) is 33.4. The van der Waals surface area contributed by atoms with Crippen molar-refractivity contribution in [3.05, 3.63) is 204 Å². The Morgan fingerprint density at radius 1 is 0.625 bits per heavy atom. The summed E-state index contributed by atoms with van der Waals surface area (Å²) in [5, 5.41) is 41.0. The van der Waals surface area contributed by atoms with Crippen LogP contribution in [-0.4, -0.2) is 50.1 Å². The Bertz CT molecular complexity index is 2970. The molecule has 0 fully saturated rings. The van der Waals surface area contributed by atoms with Crippen LogP contribution in [0, 0.1) is 10.1 Å². The SMILES string of the molecule is O=C(COc1ccccc1)NC(c1cccc([N+](=O)[O-])c1)c1cc(Br)c2cccnc2c1O.O=C(COc1ccccc1)NC(c1ccccc1Cl)c1cc(Br)c2cccnc2c1O. The summed E-state index contributed by atoms with van der Waals surface area (Å²) >= 11 is 13.5. The van der Waals surface area contributed by atoms with E-state index < -0.39 is 22.9 Å². The van der Waals surface area contributed by atoms with Crippen LogP contribution in [0.4, 0.5) is 5.69 Å². The normalized spacial score (nSPS) is 11.7. The van der Waals surface area contributed by atoms with E-state index in [1.54, 1.807) is 103 Å². The number of fused-ring (bicyclic) bond motifs is 2. The summed E-state index contributed by atoms with van der Waals surface area (Å²) in [5.41, 5.74) is 2.51. The summed E-state index contributed by atoms with van der Waals surface area (Å²) in [7, 11) is 0. The van der Waals surface area contributed by atoms with Crippen LogP contribution in [0.15, 0.2) is 167 Å². The van der Waals surface area contributed by atoms with Gasteiger partial charge < -0.3 is 30.3 Å². The minimum atomic E-state index is -0.889. The number of carbonyl (C=O) groups excluding carboxylic acids is 2. The molecule has 16 heteroatoms. The predicted molar refractivity (Wildman–Crippen MR) is 251 cm³/mol. The minimum absolute atomic E-state index is 0.0204. The zero-order valence-corrected chi connectivity index (χ0v) is 37.3. The molecule has 0 spiro atoms. The van der Waals surface area contributed by atoms with Crippen LogP contribution in [-0.2, 0) is 9.59 Å². The van der Waals surface area contributed by atoms with Gasteiger partial charge >= 0.3 is 0 Å². The lowest BCUT2D eigenvalue weighted by Crippen LogP contribution is -2.33. The zero-order chi connectivity index (χ0) is 45.2. The number of para-hydroxylation sites is 2. The maximum Gasteiger partial charge on any atom is 0.269 e. The number of carbonyl (C=O) groups is 2. The van der Waals surface area contributed by atoms with E-state index in [0.29, 0.717) is 59.7 Å². The first-order chi connectivity index (χ1) is 31.0. The van der Waals surface area contributed by atoms with Crippen molar-refractivity contribution in [1.82, 2.24) is 20.6 Å². The van der Waals surface area contributed by atoms with Crippen molar-refractivity contribution in [1.29, 1.82) is 0 Å². The van der Waals surface area contributed by atoms with Crippen LogP contribution in [0.1, 0.15) is 34.3 Å². The number of rotatable bonds is 13. The molecule has 2 atom stereocenters. The molecule has 2 heterocycles. The van der Waals surface area contributed by atoms with Crippen LogP contribution < -0.4 is 20.1 Å². The lowest BCUT2D eigenvalue weighted by Gasteiger charge is -2.23. The van der Waals surface area contributed by atoms with Gasteiger partial charge in [0.1, 0.15) is 34.0 Å². The Morgan fingerprint density at radius 2 is 1.11 bits per heavy atom. The Kier molecular flexibility index (Phi) is 14.7. The fraction of sp³-hybridized carbons (Fsp3) is 0.0833. The second kappa shape index (κ2) is 20.9. The fourth-order valence-electron chi connectivity index (χ4n) is 6.78. The fourth-order valence-corrected chi connectivity index (χ4v) is 8.16. The maximum atomic E-state index is 12.8. The molecule has 0 radical (unpaired) electrons. The molecule has 13 nitrogen and oxygen atoms in total. The number of benzene rings is 6. The molecule has 0 aliphatic carbocycles. The number of nitro benzene ring substituents is 1. The van der Waals surface area contributed by atoms with Gasteiger partial charge in [0.2, 0.25) is 0 Å². The number of nitro groups is 1. The average Bonchev–Trinajstić information content (AvgIpc) is 3.32. The Balaban J connectivity index is 0.000000192. The number of amides is 2. The number of phenolic OH excluding ortho intramolecular Hbond substituents is 2. The van der Waals surface area contributed by atoms with Gasteiger partial charge in [-0.05, 0) is 65.7 Å². The topological polar surface area (TPSA) is 186 Å². The van der Waals surface area contributed by atoms with E-state index >= 15 is 0 Å². The molecule has 6 aromatic carbocycles. The van der Waals surface area contributed by atoms with Crippen LogP contribution >= 0.6 is 43.5 Å². The number of hydrogen-bond donors (Lipinski definition) is 4. The van der Waals surface area contributed by atoms with E-state index in [0.717, 1.165) is 9.86 Å². The van der Waals surface area contributed by atoms with Crippen LogP contribution in [0.2, 0.25) is 5.02 Å². The summed E-state index contributed by atoms with van der Waals surface area (Å²) in [5.74, 6) is 0.146. The highest BCUT2D eigenvalue weighted by atomic mass is 79.9. The molecule has 322 valence electrons. The van der Waals surface area contributed by atoms with Gasteiger partial charge in [0, 0.05) is 60.4 Å². The smallest absolute Gasteiger partial charge is 0.269 e. The number of aromatic hydroxyl groups is 2. The first kappa shape index (κ1) is 45.0. The second-order valence-corrected chi connectivity index (χ2v) is 16.1. The van der Waals surface area contributed by atoms with Crippen molar-refractivity contribution >= 4 is 82.8 Å². The lowest BCUT2D eigenvalue weighted by atomic mass is 9.95. The van der Waals surface area contributed by atoms with E-state index in [4.69, 9.17) is 21.1 Å². The number of hydrogen-bond acceptors (Lipinski definition) is 10. The van der Waals surface area contributed by atoms with Crippen molar-refractivity contribution < 1.29 is 34.2 Å². The number of nitrogens with one attached hydrogen (secondary N) is 2. The lowest BCUT2D eigenvalue weighted by molar-refractivity contribution is -0.384. The molecule has 0 saturated heterocycles. The Hall–Kier alpha value is -7.07. The van der Waals surface area contributed by atoms with E-state index in [2.05, 4.69) is 52.5 Å². The third-order valence-electron chi connectivity index (χ3n) is 9.78. The maximum absolute atomic E-state index is 12.8. The number of nitrogens with zero attached hydrogens (tertiary/aromatic N) is 3. The van der Waals surface area contributed by atoms with Crippen molar-refractivity contribution in [2.75, 3.05) is 13.2 Å². The van der Waals surface area contributed by atoms with E-state index in [1.165, 1.54) is 18.2 Å². The molecular formula is C48H36Br2ClN5O8. The minimum Gasteiger partial charge on any atom is -0.505 e. The number of pyridine rings is 2. The van der Waals surface area contributed by atoms with Gasteiger partial charge in [-0.25, -0.2) is 0 Å². The number of ether oxygens (including phenoxy) is 2. The largest absolute Gasteiger partial charge is 0.505 e. The van der Waals surface area contributed by atoms with Gasteiger partial charge in [-0.3, -0.25) is 29.7 Å². The quantitative estimate of drug-likeness (QED) is 0.0640. The highest BCUT2D eigenvalue weighted by Gasteiger charge is 2.27. The summed E-state index contributed by atoms with van der Waals surface area (Å²) in [6.07, 6.45) is 3.15. The Labute approximate surface area is 388 Å². The number of non-ortho nitro benzene ring substituents is 1. The first-order valence-corrected chi connectivity index (χ1v) is 21.4. The molecule has 8 rings (SSSR count). The van der Waals surface area contributed by atoms with Crippen molar-refractivity contribution in [3.8, 4) is 23.0 Å². The van der Waals surface area contributed by atoms with Crippen molar-refractivity contribution in [3.63, 3.8) is 0 Å². The molecule has 4 N–H and O–H groups in total. The molecule has 8 aromatic rings. The monoisotopic (exact) mass is 1000 g/mol. The molecule has 2 aromatic heterocycles. The molecule has 64 heavy (non-hydrogen) atoms. The van der Waals surface area contributed by atoms with Gasteiger partial charge in [0.25, 0.3) is 17.5 Å². The summed E-state index contributed by atoms with van der Waals surface area (Å²) in [6.45, 7) is -0.456. The number of phenols is 2. The molecular weight excluding hydrogens is 970 g/mol. The van der Waals surface area contributed by atoms with Gasteiger partial charge in [0.05, 0.1) is 17.0 Å². The van der Waals surface area contributed by atoms with Crippen LogP contribution in [0.3, 0.4) is 0 Å². The molecule has 0 aliphatic rings. The van der Waals surface area contributed by atoms with Crippen LogP contribution in [0.5, 0.6) is 23.0 Å². The van der Waals surface area contributed by atoms with Gasteiger partial charge in [-0.1, -0.05) is 122 Å². The van der Waals surface area contributed by atoms with E-state index in [9.17, 15) is 29.9 Å². The highest BCUT2D eigenvalue weighted by molar-refractivity contribution is 9.11. The van der Waals surface area contributed by atoms with Gasteiger partial charge in [-0.2, -0.15) is 0 Å². The van der Waals surface area contributed by atoms with E-state index in [1.807, 2.05) is 36.4 Å². The van der Waals surface area contributed by atoms with Crippen molar-refractivity contribution in [2.24, 2.45) is 0 Å². The highest BCUT2D eigenvalue weighted by Crippen LogP contribution is 2.41. The molecule has 2 amide bonds. The van der Waals surface area contributed by atoms with Crippen LogP contribution in [0.25, 0.3) is 21.8 Å². The summed E-state index contributed by atoms with van der Waals surface area (Å²) < 4.78 is 12.5. The van der Waals surface area contributed by atoms with Gasteiger partial charge in [-0.15, -0.1) is 0 Å². The number of halogens is 3. The Morgan fingerprint density at radius 3 is 1.62 bits per heavy atom. The third-order valence-corrected chi connectivity index (χ3v) is 11.4. The van der Waals surface area contributed by atoms with E-state index in [-0.39, 0.29) is 36.3 Å². The average molecular weight is 1010 g/mol. The number of aromatic nitrogens is 2. The first-order valence-electron chi connectivity index (χ1n) is 19.4. The standard InChI is InChI=1S/C24H18BrClN2O3.C24H18BrN3O5/c25-19-13-18(24(30)23-16(19)10-6-12-27-23)22(17-9-4-5-11-20(17)26)28-21(29)14-31-15-7-2-1-3-8-15;25-20-13-19(24(30)23-18(20)10-5-11-26-23)22(15-6-4-7-16(12-15)28(31)32)27-21(29)14-33-17-8-2-1-3-9-17/h1-13,22,30H,14H2,(H,28,29);1-13,22,30H,14H2,(H,27,29). The molecule has 0 aliphatic heterocycles. The molecule has 2 unspecified atom stereocenters. The third kappa shape index (κ3) is 10.7. The predicted octanol–water partition coefficient (Wildman–Crippen LogP) is 10.5. The molecule has 0 bridgehead atoms.